The molecule has 4 nitrogen and oxygen atoms in total. The van der Waals surface area contributed by atoms with Crippen LogP contribution in [0, 0.1) is 0 Å². The molecule has 0 saturated heterocycles. The topological polar surface area (TPSA) is 60.9 Å². The zero-order chi connectivity index (χ0) is 12.4. The van der Waals surface area contributed by atoms with Crippen molar-refractivity contribution in [1.82, 2.24) is 9.55 Å². The number of aromatic nitrogens is 2. The zero-order valence-electron chi connectivity index (χ0n) is 9.35. The minimum absolute atomic E-state index is 0.193. The van der Waals surface area contributed by atoms with E-state index >= 15 is 0 Å². The number of rotatable bonds is 3. The SMILES string of the molecule is CCn1ccnc1C(=O)c1ccc(N)cc1Cl. The van der Waals surface area contributed by atoms with Gasteiger partial charge in [0.25, 0.3) is 0 Å². The van der Waals surface area contributed by atoms with Gasteiger partial charge in [-0.3, -0.25) is 4.79 Å². The van der Waals surface area contributed by atoms with Crippen molar-refractivity contribution < 1.29 is 4.79 Å². The lowest BCUT2D eigenvalue weighted by Gasteiger charge is -2.06. The number of hydrogen-bond acceptors (Lipinski definition) is 3. The Morgan fingerprint density at radius 1 is 1.53 bits per heavy atom. The zero-order valence-corrected chi connectivity index (χ0v) is 10.1. The fourth-order valence-corrected chi connectivity index (χ4v) is 1.88. The largest absolute Gasteiger partial charge is 0.399 e. The van der Waals surface area contributed by atoms with Crippen molar-refractivity contribution in [2.75, 3.05) is 5.73 Å². The fourth-order valence-electron chi connectivity index (χ4n) is 1.61. The van der Waals surface area contributed by atoms with E-state index in [1.54, 1.807) is 35.2 Å². The number of carbonyl (C=O) groups excluding carboxylic acids is 1. The van der Waals surface area contributed by atoms with E-state index in [1.165, 1.54) is 0 Å². The van der Waals surface area contributed by atoms with Crippen molar-refractivity contribution in [2.45, 2.75) is 13.5 Å². The van der Waals surface area contributed by atoms with Crippen LogP contribution in [0.2, 0.25) is 5.02 Å². The summed E-state index contributed by atoms with van der Waals surface area (Å²) >= 11 is 6.00. The lowest BCUT2D eigenvalue weighted by atomic mass is 10.1. The highest BCUT2D eigenvalue weighted by molar-refractivity contribution is 6.35. The van der Waals surface area contributed by atoms with Crippen LogP contribution in [0.5, 0.6) is 0 Å². The van der Waals surface area contributed by atoms with E-state index in [2.05, 4.69) is 4.98 Å². The Balaban J connectivity index is 2.44. The molecule has 88 valence electrons. The molecule has 2 N–H and O–H groups in total. The van der Waals surface area contributed by atoms with Crippen LogP contribution < -0.4 is 5.73 Å². The van der Waals surface area contributed by atoms with Gasteiger partial charge in [0, 0.05) is 30.2 Å². The maximum atomic E-state index is 12.2. The molecular weight excluding hydrogens is 238 g/mol. The van der Waals surface area contributed by atoms with Crippen LogP contribution >= 0.6 is 11.6 Å². The van der Waals surface area contributed by atoms with Crippen molar-refractivity contribution in [3.05, 3.63) is 47.0 Å². The number of halogens is 1. The van der Waals surface area contributed by atoms with E-state index in [0.29, 0.717) is 28.6 Å². The quantitative estimate of drug-likeness (QED) is 0.671. The number of hydrogen-bond donors (Lipinski definition) is 1. The van der Waals surface area contributed by atoms with Gasteiger partial charge in [0.15, 0.2) is 5.82 Å². The third kappa shape index (κ3) is 2.17. The van der Waals surface area contributed by atoms with Crippen LogP contribution in [-0.4, -0.2) is 15.3 Å². The van der Waals surface area contributed by atoms with Gasteiger partial charge >= 0.3 is 0 Å². The molecule has 1 aromatic carbocycles. The molecule has 2 aromatic rings. The van der Waals surface area contributed by atoms with E-state index in [1.807, 2.05) is 6.92 Å². The van der Waals surface area contributed by atoms with Crippen LogP contribution in [0.25, 0.3) is 0 Å². The monoisotopic (exact) mass is 249 g/mol. The van der Waals surface area contributed by atoms with Crippen molar-refractivity contribution >= 4 is 23.1 Å². The molecule has 5 heteroatoms. The van der Waals surface area contributed by atoms with Gasteiger partial charge in [-0.2, -0.15) is 0 Å². The molecule has 0 unspecified atom stereocenters. The van der Waals surface area contributed by atoms with Gasteiger partial charge in [-0.05, 0) is 25.1 Å². The molecule has 2 rings (SSSR count). The molecule has 0 radical (unpaired) electrons. The van der Waals surface area contributed by atoms with Crippen LogP contribution in [-0.2, 0) is 6.54 Å². The summed E-state index contributed by atoms with van der Waals surface area (Å²) in [6.45, 7) is 2.64. The number of aryl methyl sites for hydroxylation is 1. The Kier molecular flexibility index (Phi) is 3.15. The first-order valence-electron chi connectivity index (χ1n) is 5.24. The van der Waals surface area contributed by atoms with E-state index in [0.717, 1.165) is 0 Å². The summed E-state index contributed by atoms with van der Waals surface area (Å²) in [5.41, 5.74) is 6.54. The van der Waals surface area contributed by atoms with E-state index in [9.17, 15) is 4.79 Å². The van der Waals surface area contributed by atoms with Crippen LogP contribution in [0.4, 0.5) is 5.69 Å². The molecular formula is C12H12ClN3O. The molecule has 0 atom stereocenters. The third-order valence-corrected chi connectivity index (χ3v) is 2.81. The summed E-state index contributed by atoms with van der Waals surface area (Å²) in [7, 11) is 0. The van der Waals surface area contributed by atoms with Gasteiger partial charge in [-0.25, -0.2) is 4.98 Å². The van der Waals surface area contributed by atoms with Crippen LogP contribution in [0.15, 0.2) is 30.6 Å². The molecule has 0 amide bonds. The first-order chi connectivity index (χ1) is 8.13. The maximum Gasteiger partial charge on any atom is 0.229 e. The van der Waals surface area contributed by atoms with Crippen molar-refractivity contribution in [3.8, 4) is 0 Å². The standard InChI is InChI=1S/C12H12ClN3O/c1-2-16-6-5-15-12(16)11(17)9-4-3-8(14)7-10(9)13/h3-7H,2,14H2,1H3. The Bertz CT molecular complexity index is 563. The van der Waals surface area contributed by atoms with Crippen molar-refractivity contribution in [2.24, 2.45) is 0 Å². The van der Waals surface area contributed by atoms with E-state index in [-0.39, 0.29) is 5.78 Å². The highest BCUT2D eigenvalue weighted by Gasteiger charge is 2.17. The Hall–Kier alpha value is -1.81. The van der Waals surface area contributed by atoms with Gasteiger partial charge < -0.3 is 10.3 Å². The van der Waals surface area contributed by atoms with Crippen molar-refractivity contribution in [1.29, 1.82) is 0 Å². The third-order valence-electron chi connectivity index (χ3n) is 2.50. The second kappa shape index (κ2) is 4.59. The number of nitrogen functional groups attached to an aromatic ring is 1. The number of benzene rings is 1. The van der Waals surface area contributed by atoms with Gasteiger partial charge in [-0.1, -0.05) is 11.6 Å². The predicted octanol–water partition coefficient (Wildman–Crippen LogP) is 2.37. The lowest BCUT2D eigenvalue weighted by Crippen LogP contribution is -2.11. The Morgan fingerprint density at radius 3 is 2.94 bits per heavy atom. The number of imidazole rings is 1. The molecule has 0 aliphatic carbocycles. The molecule has 0 saturated carbocycles. The summed E-state index contributed by atoms with van der Waals surface area (Å²) in [4.78, 5) is 16.3. The minimum atomic E-state index is -0.193. The molecule has 1 aromatic heterocycles. The van der Waals surface area contributed by atoms with Gasteiger partial charge in [0.1, 0.15) is 0 Å². The second-order valence-corrected chi connectivity index (χ2v) is 4.01. The van der Waals surface area contributed by atoms with Crippen LogP contribution in [0.1, 0.15) is 23.1 Å². The number of anilines is 1. The number of nitrogens with zero attached hydrogens (tertiary/aromatic N) is 2. The fraction of sp³-hybridized carbons (Fsp3) is 0.167. The summed E-state index contributed by atoms with van der Waals surface area (Å²) in [6, 6.07) is 4.83. The number of carbonyl (C=O) groups is 1. The van der Waals surface area contributed by atoms with Crippen molar-refractivity contribution in [3.63, 3.8) is 0 Å². The summed E-state index contributed by atoms with van der Waals surface area (Å²) in [5.74, 6) is 0.195. The summed E-state index contributed by atoms with van der Waals surface area (Å²) in [5, 5.41) is 0.348. The lowest BCUT2D eigenvalue weighted by molar-refractivity contribution is 0.102. The molecule has 17 heavy (non-hydrogen) atoms. The smallest absolute Gasteiger partial charge is 0.229 e. The molecule has 0 bridgehead atoms. The number of ketones is 1. The first kappa shape index (κ1) is 11.7. The highest BCUT2D eigenvalue weighted by Crippen LogP contribution is 2.21. The first-order valence-corrected chi connectivity index (χ1v) is 5.62. The Labute approximate surface area is 104 Å². The Morgan fingerprint density at radius 2 is 2.29 bits per heavy atom. The second-order valence-electron chi connectivity index (χ2n) is 3.61. The molecule has 0 aliphatic rings. The highest BCUT2D eigenvalue weighted by atomic mass is 35.5. The summed E-state index contributed by atoms with van der Waals surface area (Å²) in [6.07, 6.45) is 3.36. The minimum Gasteiger partial charge on any atom is -0.399 e. The maximum absolute atomic E-state index is 12.2. The predicted molar refractivity (Wildman–Crippen MR) is 67.2 cm³/mol. The summed E-state index contributed by atoms with van der Waals surface area (Å²) < 4.78 is 1.77. The van der Waals surface area contributed by atoms with E-state index < -0.39 is 0 Å². The van der Waals surface area contributed by atoms with Gasteiger partial charge in [0.2, 0.25) is 5.78 Å². The normalized spacial score (nSPS) is 10.5. The van der Waals surface area contributed by atoms with Gasteiger partial charge in [-0.15, -0.1) is 0 Å². The average molecular weight is 250 g/mol. The van der Waals surface area contributed by atoms with Gasteiger partial charge in [0.05, 0.1) is 5.02 Å². The molecule has 1 heterocycles. The molecule has 0 aliphatic heterocycles. The molecule has 0 fully saturated rings. The van der Waals surface area contributed by atoms with E-state index in [4.69, 9.17) is 17.3 Å². The molecule has 0 spiro atoms. The van der Waals surface area contributed by atoms with Crippen LogP contribution in [0.3, 0.4) is 0 Å². The average Bonchev–Trinajstić information content (AvgIpc) is 2.76. The number of nitrogens with two attached hydrogens (primary N) is 1.